The van der Waals surface area contributed by atoms with E-state index in [0.29, 0.717) is 11.8 Å². The first-order valence-electron chi connectivity index (χ1n) is 4.67. The molecule has 1 heterocycles. The fourth-order valence-corrected chi connectivity index (χ4v) is 2.06. The minimum atomic E-state index is 0.191. The number of nitrogens with two attached hydrogens (primary N) is 1. The van der Waals surface area contributed by atoms with Gasteiger partial charge in [-0.15, -0.1) is 0 Å². The van der Waals surface area contributed by atoms with Gasteiger partial charge in [0.25, 0.3) is 0 Å². The van der Waals surface area contributed by atoms with E-state index in [9.17, 15) is 0 Å². The summed E-state index contributed by atoms with van der Waals surface area (Å²) in [6.07, 6.45) is 5.16. The Morgan fingerprint density at radius 1 is 1.43 bits per heavy atom. The monoisotopic (exact) mass is 211 g/mol. The van der Waals surface area contributed by atoms with E-state index in [0.717, 1.165) is 5.03 Å². The van der Waals surface area contributed by atoms with Crippen LogP contribution in [0.25, 0.3) is 0 Å². The van der Waals surface area contributed by atoms with Crippen LogP contribution < -0.4 is 5.73 Å². The third-order valence-electron chi connectivity index (χ3n) is 1.98. The van der Waals surface area contributed by atoms with Gasteiger partial charge in [-0.25, -0.2) is 4.98 Å². The minimum Gasteiger partial charge on any atom is -0.329 e. The number of nitrogens with zero attached hydrogens (tertiary/aromatic N) is 2. The Bertz CT molecular complexity index is 268. The first-order valence-corrected chi connectivity index (χ1v) is 5.54. The zero-order chi connectivity index (χ0) is 10.6. The molecular weight excluding hydrogens is 194 g/mol. The lowest BCUT2D eigenvalue weighted by molar-refractivity contribution is 0.398. The van der Waals surface area contributed by atoms with Crippen molar-refractivity contribution in [3.05, 3.63) is 18.6 Å². The molecule has 0 bridgehead atoms. The molecule has 0 saturated heterocycles. The molecule has 0 aliphatic rings. The number of thioether (sulfide) groups is 1. The van der Waals surface area contributed by atoms with E-state index >= 15 is 0 Å². The average Bonchev–Trinajstić information content (AvgIpc) is 2.14. The van der Waals surface area contributed by atoms with Crippen molar-refractivity contribution in [3.8, 4) is 0 Å². The Labute approximate surface area is 89.5 Å². The maximum Gasteiger partial charge on any atom is 0.115 e. The SMILES string of the molecule is CC(C)(C)C(CN)Sc1cnccn1. The fraction of sp³-hybridized carbons (Fsp3) is 0.600. The van der Waals surface area contributed by atoms with Crippen LogP contribution in [0.3, 0.4) is 0 Å². The quantitative estimate of drug-likeness (QED) is 0.776. The molecule has 1 aromatic heterocycles. The van der Waals surface area contributed by atoms with Gasteiger partial charge in [0.2, 0.25) is 0 Å². The molecule has 0 spiro atoms. The van der Waals surface area contributed by atoms with E-state index in [1.807, 2.05) is 0 Å². The van der Waals surface area contributed by atoms with Crippen LogP contribution >= 0.6 is 11.8 Å². The van der Waals surface area contributed by atoms with Crippen LogP contribution in [-0.4, -0.2) is 21.8 Å². The number of aromatic nitrogens is 2. The van der Waals surface area contributed by atoms with Crippen molar-refractivity contribution in [1.29, 1.82) is 0 Å². The van der Waals surface area contributed by atoms with E-state index < -0.39 is 0 Å². The van der Waals surface area contributed by atoms with Gasteiger partial charge in [-0.05, 0) is 5.41 Å². The zero-order valence-corrected chi connectivity index (χ0v) is 9.71. The highest BCUT2D eigenvalue weighted by Gasteiger charge is 2.24. The molecule has 1 atom stereocenters. The minimum absolute atomic E-state index is 0.191. The van der Waals surface area contributed by atoms with Crippen molar-refractivity contribution in [2.75, 3.05) is 6.54 Å². The molecule has 3 nitrogen and oxygen atoms in total. The molecule has 1 unspecified atom stereocenters. The molecular formula is C10H17N3S. The second kappa shape index (κ2) is 4.75. The van der Waals surface area contributed by atoms with Crippen LogP contribution in [0.1, 0.15) is 20.8 Å². The molecule has 1 aromatic rings. The summed E-state index contributed by atoms with van der Waals surface area (Å²) >= 11 is 1.70. The van der Waals surface area contributed by atoms with Crippen LogP contribution in [0.5, 0.6) is 0 Å². The highest BCUT2D eigenvalue weighted by atomic mass is 32.2. The fourth-order valence-electron chi connectivity index (χ4n) is 1.07. The summed E-state index contributed by atoms with van der Waals surface area (Å²) in [6.45, 7) is 7.22. The molecule has 0 aliphatic heterocycles. The van der Waals surface area contributed by atoms with Crippen LogP contribution in [0.2, 0.25) is 0 Å². The lowest BCUT2D eigenvalue weighted by atomic mass is 9.92. The van der Waals surface area contributed by atoms with E-state index in [2.05, 4.69) is 30.7 Å². The van der Waals surface area contributed by atoms with Crippen LogP contribution in [0.15, 0.2) is 23.6 Å². The maximum absolute atomic E-state index is 5.74. The van der Waals surface area contributed by atoms with Crippen LogP contribution in [0, 0.1) is 5.41 Å². The number of hydrogen-bond acceptors (Lipinski definition) is 4. The van der Waals surface area contributed by atoms with Gasteiger partial charge < -0.3 is 5.73 Å². The standard InChI is InChI=1S/C10H17N3S/c1-10(2,3)8(6-11)14-9-7-12-4-5-13-9/h4-5,7-8H,6,11H2,1-3H3. The lowest BCUT2D eigenvalue weighted by Crippen LogP contribution is -2.30. The Morgan fingerprint density at radius 3 is 2.57 bits per heavy atom. The molecule has 1 rings (SSSR count). The topological polar surface area (TPSA) is 51.8 Å². The molecule has 0 fully saturated rings. The van der Waals surface area contributed by atoms with Crippen molar-refractivity contribution < 1.29 is 0 Å². The molecule has 2 N–H and O–H groups in total. The third kappa shape index (κ3) is 3.27. The summed E-state index contributed by atoms with van der Waals surface area (Å²) < 4.78 is 0. The summed E-state index contributed by atoms with van der Waals surface area (Å²) in [7, 11) is 0. The van der Waals surface area contributed by atoms with Gasteiger partial charge in [-0.1, -0.05) is 32.5 Å². The molecule has 0 saturated carbocycles. The smallest absolute Gasteiger partial charge is 0.115 e. The van der Waals surface area contributed by atoms with E-state index in [1.165, 1.54) is 0 Å². The van der Waals surface area contributed by atoms with Crippen LogP contribution in [0.4, 0.5) is 0 Å². The summed E-state index contributed by atoms with van der Waals surface area (Å²) in [5.74, 6) is 0. The summed E-state index contributed by atoms with van der Waals surface area (Å²) in [4.78, 5) is 8.25. The Hall–Kier alpha value is -0.610. The van der Waals surface area contributed by atoms with Crippen molar-refractivity contribution in [3.63, 3.8) is 0 Å². The van der Waals surface area contributed by atoms with Crippen molar-refractivity contribution in [2.24, 2.45) is 11.1 Å². The van der Waals surface area contributed by atoms with Crippen molar-refractivity contribution in [2.45, 2.75) is 31.0 Å². The van der Waals surface area contributed by atoms with Gasteiger partial charge >= 0.3 is 0 Å². The summed E-state index contributed by atoms with van der Waals surface area (Å²) in [5, 5.41) is 1.32. The largest absolute Gasteiger partial charge is 0.329 e. The van der Waals surface area contributed by atoms with Crippen molar-refractivity contribution in [1.82, 2.24) is 9.97 Å². The van der Waals surface area contributed by atoms with E-state index in [4.69, 9.17) is 5.73 Å². The molecule has 78 valence electrons. The Kier molecular flexibility index (Phi) is 3.89. The van der Waals surface area contributed by atoms with Gasteiger partial charge in [-0.3, -0.25) is 4.98 Å². The lowest BCUT2D eigenvalue weighted by Gasteiger charge is -2.28. The van der Waals surface area contributed by atoms with Gasteiger partial charge in [-0.2, -0.15) is 0 Å². The Balaban J connectivity index is 2.67. The molecule has 0 aromatic carbocycles. The van der Waals surface area contributed by atoms with E-state index in [1.54, 1.807) is 30.4 Å². The first-order chi connectivity index (χ1) is 6.54. The summed E-state index contributed by atoms with van der Waals surface area (Å²) in [5.41, 5.74) is 5.93. The third-order valence-corrected chi connectivity index (χ3v) is 3.62. The summed E-state index contributed by atoms with van der Waals surface area (Å²) in [6, 6.07) is 0. The highest BCUT2D eigenvalue weighted by Crippen LogP contribution is 2.33. The number of hydrogen-bond donors (Lipinski definition) is 1. The van der Waals surface area contributed by atoms with Gasteiger partial charge in [0.1, 0.15) is 5.03 Å². The maximum atomic E-state index is 5.74. The first kappa shape index (κ1) is 11.5. The normalized spacial score (nSPS) is 14.0. The molecule has 0 radical (unpaired) electrons. The van der Waals surface area contributed by atoms with Gasteiger partial charge in [0.15, 0.2) is 0 Å². The molecule has 14 heavy (non-hydrogen) atoms. The van der Waals surface area contributed by atoms with E-state index in [-0.39, 0.29) is 5.41 Å². The van der Waals surface area contributed by atoms with Gasteiger partial charge in [0, 0.05) is 24.2 Å². The second-order valence-corrected chi connectivity index (χ2v) is 5.47. The predicted octanol–water partition coefficient (Wildman–Crippen LogP) is 1.94. The van der Waals surface area contributed by atoms with Crippen molar-refractivity contribution >= 4 is 11.8 Å². The average molecular weight is 211 g/mol. The molecule has 0 amide bonds. The van der Waals surface area contributed by atoms with Gasteiger partial charge in [0.05, 0.1) is 6.20 Å². The molecule has 4 heteroatoms. The van der Waals surface area contributed by atoms with Crippen LogP contribution in [-0.2, 0) is 0 Å². The molecule has 0 aliphatic carbocycles. The zero-order valence-electron chi connectivity index (χ0n) is 8.90. The Morgan fingerprint density at radius 2 is 2.14 bits per heavy atom. The second-order valence-electron chi connectivity index (χ2n) is 4.25. The predicted molar refractivity (Wildman–Crippen MR) is 60.2 cm³/mol. The highest BCUT2D eigenvalue weighted by molar-refractivity contribution is 7.99. The number of rotatable bonds is 3.